The Morgan fingerprint density at radius 1 is 1.45 bits per heavy atom. The topological polar surface area (TPSA) is 12.4 Å². The Morgan fingerprint density at radius 2 is 2.09 bits per heavy atom. The van der Waals surface area contributed by atoms with Gasteiger partial charge < -0.3 is 0 Å². The first-order valence-electron chi connectivity index (χ1n) is 4.29. The van der Waals surface area contributed by atoms with Gasteiger partial charge in [-0.15, -0.1) is 0 Å². The van der Waals surface area contributed by atoms with Crippen molar-refractivity contribution in [3.63, 3.8) is 0 Å². The van der Waals surface area contributed by atoms with E-state index in [1.165, 1.54) is 12.1 Å². The summed E-state index contributed by atoms with van der Waals surface area (Å²) in [6.45, 7) is 6.51. The maximum atomic E-state index is 4.18. The van der Waals surface area contributed by atoms with Crippen molar-refractivity contribution in [1.82, 2.24) is 0 Å². The Labute approximate surface area is 70.2 Å². The van der Waals surface area contributed by atoms with Crippen LogP contribution < -0.4 is 0 Å². The zero-order valence-electron chi connectivity index (χ0n) is 8.09. The first kappa shape index (κ1) is 10.4. The third-order valence-corrected chi connectivity index (χ3v) is 1.62. The third-order valence-electron chi connectivity index (χ3n) is 1.62. The Morgan fingerprint density at radius 3 is 2.45 bits per heavy atom. The van der Waals surface area contributed by atoms with Gasteiger partial charge in [0.25, 0.3) is 0 Å². The van der Waals surface area contributed by atoms with Crippen molar-refractivity contribution in [2.75, 3.05) is 7.05 Å². The molecular weight excluding hydrogens is 134 g/mol. The minimum atomic E-state index is 0.775. The molecule has 0 aromatic heterocycles. The number of hydrogen-bond donors (Lipinski definition) is 0. The molecule has 0 rings (SSSR count). The van der Waals surface area contributed by atoms with Crippen LogP contribution in [0.4, 0.5) is 0 Å². The molecule has 0 bridgehead atoms. The van der Waals surface area contributed by atoms with Crippen LogP contribution in [-0.4, -0.2) is 12.8 Å². The predicted octanol–water partition coefficient (Wildman–Crippen LogP) is 3.07. The van der Waals surface area contributed by atoms with Crippen LogP contribution in [0, 0.1) is 5.92 Å². The highest BCUT2D eigenvalue weighted by atomic mass is 14.7. The van der Waals surface area contributed by atoms with E-state index in [1.54, 1.807) is 0 Å². The zero-order valence-corrected chi connectivity index (χ0v) is 8.09. The second-order valence-corrected chi connectivity index (χ2v) is 3.15. The molecule has 0 aliphatic heterocycles. The quantitative estimate of drug-likeness (QED) is 0.550. The van der Waals surface area contributed by atoms with Gasteiger partial charge in [0.2, 0.25) is 0 Å². The average molecular weight is 153 g/mol. The smallest absolute Gasteiger partial charge is 0.0341 e. The van der Waals surface area contributed by atoms with E-state index in [0.29, 0.717) is 0 Å². The number of hydrogen-bond acceptors (Lipinski definition) is 1. The van der Waals surface area contributed by atoms with Crippen LogP contribution in [0.3, 0.4) is 0 Å². The average Bonchev–Trinajstić information content (AvgIpc) is 1.97. The van der Waals surface area contributed by atoms with Crippen LogP contribution in [0.2, 0.25) is 0 Å². The summed E-state index contributed by atoms with van der Waals surface area (Å²) in [5.41, 5.74) is 1.21. The molecule has 0 radical (unpaired) electrons. The summed E-state index contributed by atoms with van der Waals surface area (Å²) in [6, 6.07) is 0. The largest absolute Gasteiger partial charge is 0.293 e. The standard InChI is InChI=1S/C10H19N/c1-5-6-10(11-4)8-7-9(2)3/h5-6,9H,7-8H2,1-4H3/b6-5-,11-10?. The Hall–Kier alpha value is -0.590. The molecule has 0 N–H and O–H groups in total. The van der Waals surface area contributed by atoms with Crippen molar-refractivity contribution in [1.29, 1.82) is 0 Å². The van der Waals surface area contributed by atoms with E-state index >= 15 is 0 Å². The van der Waals surface area contributed by atoms with E-state index in [-0.39, 0.29) is 0 Å². The number of aliphatic imine (C=N–C) groups is 1. The van der Waals surface area contributed by atoms with Crippen molar-refractivity contribution in [2.45, 2.75) is 33.6 Å². The van der Waals surface area contributed by atoms with E-state index in [4.69, 9.17) is 0 Å². The minimum Gasteiger partial charge on any atom is -0.293 e. The van der Waals surface area contributed by atoms with Gasteiger partial charge in [-0.1, -0.05) is 19.9 Å². The molecular formula is C10H19N. The van der Waals surface area contributed by atoms with Crippen molar-refractivity contribution in [2.24, 2.45) is 10.9 Å². The molecule has 0 spiro atoms. The lowest BCUT2D eigenvalue weighted by Gasteiger charge is -2.03. The molecule has 0 unspecified atom stereocenters. The van der Waals surface area contributed by atoms with E-state index < -0.39 is 0 Å². The van der Waals surface area contributed by atoms with Crippen molar-refractivity contribution >= 4 is 5.71 Å². The summed E-state index contributed by atoms with van der Waals surface area (Å²) in [5.74, 6) is 0.775. The molecule has 0 aliphatic carbocycles. The van der Waals surface area contributed by atoms with E-state index in [1.807, 2.05) is 20.0 Å². The molecule has 0 saturated carbocycles. The molecule has 0 aliphatic rings. The molecule has 0 heterocycles. The Kier molecular flexibility index (Phi) is 5.81. The van der Waals surface area contributed by atoms with Gasteiger partial charge in [0.15, 0.2) is 0 Å². The van der Waals surface area contributed by atoms with Gasteiger partial charge in [-0.3, -0.25) is 4.99 Å². The summed E-state index contributed by atoms with van der Waals surface area (Å²) in [4.78, 5) is 4.18. The van der Waals surface area contributed by atoms with Crippen LogP contribution in [0.5, 0.6) is 0 Å². The fraction of sp³-hybridized carbons (Fsp3) is 0.700. The fourth-order valence-electron chi connectivity index (χ4n) is 0.899. The lowest BCUT2D eigenvalue weighted by molar-refractivity contribution is 0.604. The van der Waals surface area contributed by atoms with Crippen molar-refractivity contribution in [3.05, 3.63) is 12.2 Å². The fourth-order valence-corrected chi connectivity index (χ4v) is 0.899. The third kappa shape index (κ3) is 5.84. The number of allylic oxidation sites excluding steroid dienone is 2. The number of nitrogens with zero attached hydrogens (tertiary/aromatic N) is 1. The zero-order chi connectivity index (χ0) is 8.69. The monoisotopic (exact) mass is 153 g/mol. The molecule has 1 heteroatoms. The maximum Gasteiger partial charge on any atom is 0.0341 e. The van der Waals surface area contributed by atoms with Gasteiger partial charge in [0.05, 0.1) is 0 Å². The lowest BCUT2D eigenvalue weighted by Crippen LogP contribution is -1.96. The molecule has 1 nitrogen and oxygen atoms in total. The summed E-state index contributed by atoms with van der Waals surface area (Å²) in [7, 11) is 1.86. The summed E-state index contributed by atoms with van der Waals surface area (Å²) >= 11 is 0. The maximum absolute atomic E-state index is 4.18. The number of rotatable bonds is 4. The van der Waals surface area contributed by atoms with Crippen molar-refractivity contribution < 1.29 is 0 Å². The lowest BCUT2D eigenvalue weighted by atomic mass is 10.1. The predicted molar refractivity (Wildman–Crippen MR) is 52.2 cm³/mol. The first-order valence-corrected chi connectivity index (χ1v) is 4.29. The second kappa shape index (κ2) is 6.14. The molecule has 0 saturated heterocycles. The van der Waals surface area contributed by atoms with Gasteiger partial charge in [0.1, 0.15) is 0 Å². The molecule has 64 valence electrons. The summed E-state index contributed by atoms with van der Waals surface area (Å²) in [6.07, 6.45) is 6.47. The molecule has 11 heavy (non-hydrogen) atoms. The summed E-state index contributed by atoms with van der Waals surface area (Å²) in [5, 5.41) is 0. The van der Waals surface area contributed by atoms with E-state index in [0.717, 1.165) is 12.3 Å². The molecule has 0 amide bonds. The van der Waals surface area contributed by atoms with E-state index in [9.17, 15) is 0 Å². The van der Waals surface area contributed by atoms with Crippen LogP contribution in [0.25, 0.3) is 0 Å². The van der Waals surface area contributed by atoms with Gasteiger partial charge in [-0.2, -0.15) is 0 Å². The molecule has 0 aromatic rings. The van der Waals surface area contributed by atoms with Crippen molar-refractivity contribution in [3.8, 4) is 0 Å². The van der Waals surface area contributed by atoms with E-state index in [2.05, 4.69) is 24.9 Å². The Balaban J connectivity index is 3.72. The highest BCUT2D eigenvalue weighted by molar-refractivity contribution is 5.94. The molecule has 0 atom stereocenters. The van der Waals surface area contributed by atoms with Gasteiger partial charge in [0, 0.05) is 12.8 Å². The molecule has 0 aromatic carbocycles. The molecule has 0 fully saturated rings. The second-order valence-electron chi connectivity index (χ2n) is 3.15. The van der Waals surface area contributed by atoms with Crippen LogP contribution in [-0.2, 0) is 0 Å². The highest BCUT2D eigenvalue weighted by Gasteiger charge is 1.96. The first-order chi connectivity index (χ1) is 5.20. The van der Waals surface area contributed by atoms with Crippen LogP contribution in [0.1, 0.15) is 33.6 Å². The van der Waals surface area contributed by atoms with Crippen LogP contribution >= 0.6 is 0 Å². The SMILES string of the molecule is C/C=C\C(CCC(C)C)=NC. The normalized spacial score (nSPS) is 13.4. The van der Waals surface area contributed by atoms with Gasteiger partial charge in [-0.05, 0) is 31.8 Å². The van der Waals surface area contributed by atoms with Gasteiger partial charge in [-0.25, -0.2) is 0 Å². The van der Waals surface area contributed by atoms with Crippen LogP contribution in [0.15, 0.2) is 17.1 Å². The van der Waals surface area contributed by atoms with Gasteiger partial charge >= 0.3 is 0 Å². The Bertz CT molecular complexity index is 143. The highest BCUT2D eigenvalue weighted by Crippen LogP contribution is 2.05. The summed E-state index contributed by atoms with van der Waals surface area (Å²) < 4.78 is 0. The minimum absolute atomic E-state index is 0.775.